The van der Waals surface area contributed by atoms with Crippen molar-refractivity contribution in [2.75, 3.05) is 14.2 Å². The molecule has 0 fully saturated rings. The van der Waals surface area contributed by atoms with E-state index in [9.17, 15) is 4.79 Å². The molecule has 1 aromatic heterocycles. The zero-order valence-corrected chi connectivity index (χ0v) is 13.6. The van der Waals surface area contributed by atoms with Crippen LogP contribution in [0.3, 0.4) is 0 Å². The fourth-order valence-electron chi connectivity index (χ4n) is 2.29. The summed E-state index contributed by atoms with van der Waals surface area (Å²) in [4.78, 5) is 15.6. The van der Waals surface area contributed by atoms with Crippen LogP contribution in [0.25, 0.3) is 22.4 Å². The van der Waals surface area contributed by atoms with Gasteiger partial charge in [0.25, 0.3) is 0 Å². The Kier molecular flexibility index (Phi) is 4.39. The largest absolute Gasteiger partial charge is 0.496 e. The SMILES string of the molecule is COc1cc(/C=C/c2nc3ccccc3s2)c(OC)cc1C=O. The van der Waals surface area contributed by atoms with Crippen LogP contribution in [0.1, 0.15) is 20.9 Å². The molecular weight excluding hydrogens is 310 g/mol. The maximum Gasteiger partial charge on any atom is 0.153 e. The molecule has 4 nitrogen and oxygen atoms in total. The lowest BCUT2D eigenvalue weighted by atomic mass is 10.1. The fourth-order valence-corrected chi connectivity index (χ4v) is 3.16. The van der Waals surface area contributed by atoms with E-state index >= 15 is 0 Å². The number of benzene rings is 2. The predicted octanol–water partition coefficient (Wildman–Crippen LogP) is 4.30. The number of hydrogen-bond acceptors (Lipinski definition) is 5. The summed E-state index contributed by atoms with van der Waals surface area (Å²) >= 11 is 1.62. The highest BCUT2D eigenvalue weighted by molar-refractivity contribution is 7.19. The van der Waals surface area contributed by atoms with E-state index in [2.05, 4.69) is 4.98 Å². The first-order chi connectivity index (χ1) is 11.2. The van der Waals surface area contributed by atoms with Crippen LogP contribution in [0.4, 0.5) is 0 Å². The lowest BCUT2D eigenvalue weighted by Crippen LogP contribution is -1.95. The minimum atomic E-state index is 0.460. The van der Waals surface area contributed by atoms with Gasteiger partial charge in [-0.25, -0.2) is 4.98 Å². The Hall–Kier alpha value is -2.66. The third-order valence-electron chi connectivity index (χ3n) is 3.42. The van der Waals surface area contributed by atoms with Crippen LogP contribution in [-0.4, -0.2) is 25.5 Å². The van der Waals surface area contributed by atoms with Crippen molar-refractivity contribution in [3.63, 3.8) is 0 Å². The van der Waals surface area contributed by atoms with Gasteiger partial charge in [-0.05, 0) is 36.4 Å². The quantitative estimate of drug-likeness (QED) is 0.656. The molecule has 0 amide bonds. The first-order valence-corrected chi connectivity index (χ1v) is 7.81. The Morgan fingerprint density at radius 3 is 2.39 bits per heavy atom. The lowest BCUT2D eigenvalue weighted by molar-refractivity contribution is 0.112. The molecule has 0 aliphatic carbocycles. The Morgan fingerprint density at radius 1 is 1.00 bits per heavy atom. The molecule has 0 spiro atoms. The Morgan fingerprint density at radius 2 is 1.70 bits per heavy atom. The van der Waals surface area contributed by atoms with Gasteiger partial charge in [0.15, 0.2) is 6.29 Å². The molecule has 3 aromatic rings. The van der Waals surface area contributed by atoms with E-state index in [1.807, 2.05) is 36.4 Å². The van der Waals surface area contributed by atoms with Crippen molar-refractivity contribution in [2.24, 2.45) is 0 Å². The lowest BCUT2D eigenvalue weighted by Gasteiger charge is -2.09. The minimum Gasteiger partial charge on any atom is -0.496 e. The number of ether oxygens (including phenoxy) is 2. The number of carbonyl (C=O) groups excluding carboxylic acids is 1. The predicted molar refractivity (Wildman–Crippen MR) is 93.5 cm³/mol. The van der Waals surface area contributed by atoms with Crippen LogP contribution in [0.5, 0.6) is 11.5 Å². The molecule has 0 aliphatic rings. The fraction of sp³-hybridized carbons (Fsp3) is 0.111. The third kappa shape index (κ3) is 3.10. The Bertz CT molecular complexity index is 850. The summed E-state index contributed by atoms with van der Waals surface area (Å²) in [5, 5.41) is 0.909. The maximum atomic E-state index is 11.1. The van der Waals surface area contributed by atoms with Gasteiger partial charge in [0.1, 0.15) is 16.5 Å². The molecule has 0 saturated heterocycles. The molecule has 0 N–H and O–H groups in total. The minimum absolute atomic E-state index is 0.460. The molecule has 0 atom stereocenters. The number of aldehydes is 1. The van der Waals surface area contributed by atoms with E-state index in [0.717, 1.165) is 27.1 Å². The van der Waals surface area contributed by atoms with Crippen molar-refractivity contribution in [1.82, 2.24) is 4.98 Å². The monoisotopic (exact) mass is 325 g/mol. The van der Waals surface area contributed by atoms with Gasteiger partial charge in [0, 0.05) is 5.56 Å². The van der Waals surface area contributed by atoms with Gasteiger partial charge < -0.3 is 9.47 Å². The maximum absolute atomic E-state index is 11.1. The molecular formula is C18H15NO3S. The van der Waals surface area contributed by atoms with Crippen molar-refractivity contribution in [1.29, 1.82) is 0 Å². The molecule has 0 bridgehead atoms. The smallest absolute Gasteiger partial charge is 0.153 e. The highest BCUT2D eigenvalue weighted by Crippen LogP contribution is 2.30. The normalized spacial score (nSPS) is 11.0. The number of thiazole rings is 1. The summed E-state index contributed by atoms with van der Waals surface area (Å²) in [5.41, 5.74) is 2.27. The van der Waals surface area contributed by atoms with Crippen LogP contribution in [0, 0.1) is 0 Å². The van der Waals surface area contributed by atoms with Gasteiger partial charge in [-0.3, -0.25) is 4.79 Å². The van der Waals surface area contributed by atoms with E-state index in [0.29, 0.717) is 17.1 Å². The second-order valence-corrected chi connectivity index (χ2v) is 5.87. The molecule has 5 heteroatoms. The highest BCUT2D eigenvalue weighted by atomic mass is 32.1. The number of carbonyl (C=O) groups is 1. The van der Waals surface area contributed by atoms with Gasteiger partial charge >= 0.3 is 0 Å². The second-order valence-electron chi connectivity index (χ2n) is 4.81. The molecule has 23 heavy (non-hydrogen) atoms. The molecule has 0 saturated carbocycles. The van der Waals surface area contributed by atoms with Crippen LogP contribution in [-0.2, 0) is 0 Å². The van der Waals surface area contributed by atoms with Crippen molar-refractivity contribution < 1.29 is 14.3 Å². The van der Waals surface area contributed by atoms with Gasteiger partial charge in [0.05, 0.1) is 30.0 Å². The summed E-state index contributed by atoms with van der Waals surface area (Å²) in [6.07, 6.45) is 4.60. The standard InChI is InChI=1S/C18H15NO3S/c1-21-15-10-13(11-20)16(22-2)9-12(15)7-8-18-19-14-5-3-4-6-17(14)23-18/h3-11H,1-2H3/b8-7+. The second kappa shape index (κ2) is 6.62. The van der Waals surface area contributed by atoms with Crippen LogP contribution < -0.4 is 9.47 Å². The van der Waals surface area contributed by atoms with Crippen LogP contribution in [0.2, 0.25) is 0 Å². The Labute approximate surface area is 138 Å². The molecule has 116 valence electrons. The van der Waals surface area contributed by atoms with E-state index in [1.165, 1.54) is 7.11 Å². The molecule has 3 rings (SSSR count). The van der Waals surface area contributed by atoms with Crippen molar-refractivity contribution in [3.05, 3.63) is 52.5 Å². The van der Waals surface area contributed by atoms with E-state index in [4.69, 9.17) is 9.47 Å². The molecule has 2 aromatic carbocycles. The average molecular weight is 325 g/mol. The number of rotatable bonds is 5. The topological polar surface area (TPSA) is 48.4 Å². The zero-order chi connectivity index (χ0) is 16.2. The molecule has 0 aliphatic heterocycles. The van der Waals surface area contributed by atoms with Crippen molar-refractivity contribution in [2.45, 2.75) is 0 Å². The zero-order valence-electron chi connectivity index (χ0n) is 12.8. The summed E-state index contributed by atoms with van der Waals surface area (Å²) < 4.78 is 11.7. The number of aromatic nitrogens is 1. The van der Waals surface area contributed by atoms with Crippen LogP contribution in [0.15, 0.2) is 36.4 Å². The number of fused-ring (bicyclic) bond motifs is 1. The van der Waals surface area contributed by atoms with Crippen molar-refractivity contribution in [3.8, 4) is 11.5 Å². The number of para-hydroxylation sites is 1. The number of nitrogens with zero attached hydrogens (tertiary/aromatic N) is 1. The van der Waals surface area contributed by atoms with Gasteiger partial charge in [-0.2, -0.15) is 0 Å². The summed E-state index contributed by atoms with van der Waals surface area (Å²) in [5.74, 6) is 1.13. The van der Waals surface area contributed by atoms with Gasteiger partial charge in [-0.15, -0.1) is 11.3 Å². The summed E-state index contributed by atoms with van der Waals surface area (Å²) in [7, 11) is 3.11. The van der Waals surface area contributed by atoms with Gasteiger partial charge in [0.2, 0.25) is 0 Å². The molecule has 1 heterocycles. The van der Waals surface area contributed by atoms with E-state index < -0.39 is 0 Å². The van der Waals surface area contributed by atoms with Crippen LogP contribution >= 0.6 is 11.3 Å². The number of methoxy groups -OCH3 is 2. The summed E-state index contributed by atoms with van der Waals surface area (Å²) in [6.45, 7) is 0. The third-order valence-corrected chi connectivity index (χ3v) is 4.43. The Balaban J connectivity index is 1.99. The first-order valence-electron chi connectivity index (χ1n) is 7.00. The van der Waals surface area contributed by atoms with Gasteiger partial charge in [-0.1, -0.05) is 12.1 Å². The van der Waals surface area contributed by atoms with Crippen molar-refractivity contribution >= 4 is 40.0 Å². The van der Waals surface area contributed by atoms with E-state index in [1.54, 1.807) is 30.6 Å². The number of hydrogen-bond donors (Lipinski definition) is 0. The molecule has 0 unspecified atom stereocenters. The summed E-state index contributed by atoms with van der Waals surface area (Å²) in [6, 6.07) is 11.5. The first kappa shape index (κ1) is 15.2. The van der Waals surface area contributed by atoms with E-state index in [-0.39, 0.29) is 0 Å². The average Bonchev–Trinajstić information content (AvgIpc) is 3.01. The highest BCUT2D eigenvalue weighted by Gasteiger charge is 2.09. The molecule has 0 radical (unpaired) electrons.